The number of aliphatic hydroxyl groups excluding tert-OH is 1. The van der Waals surface area contributed by atoms with Gasteiger partial charge in [-0.1, -0.05) is 48.6 Å². The first kappa shape index (κ1) is 10.1. The Morgan fingerprint density at radius 1 is 1.27 bits per heavy atom. The van der Waals surface area contributed by atoms with Gasteiger partial charge in [-0.15, -0.1) is 0 Å². The quantitative estimate of drug-likeness (QED) is 0.768. The van der Waals surface area contributed by atoms with E-state index in [1.807, 2.05) is 42.5 Å². The van der Waals surface area contributed by atoms with E-state index in [4.69, 9.17) is 5.73 Å². The van der Waals surface area contributed by atoms with E-state index >= 15 is 0 Å². The zero-order valence-electron chi connectivity index (χ0n) is 8.51. The summed E-state index contributed by atoms with van der Waals surface area (Å²) in [6, 6.07) is 9.84. The molecule has 0 radical (unpaired) electrons. The van der Waals surface area contributed by atoms with Gasteiger partial charge in [0.05, 0.1) is 12.1 Å². The Hall–Kier alpha value is -1.38. The molecule has 0 aromatic heterocycles. The van der Waals surface area contributed by atoms with Crippen molar-refractivity contribution in [1.82, 2.24) is 0 Å². The van der Waals surface area contributed by atoms with Crippen LogP contribution in [0.15, 0.2) is 54.1 Å². The summed E-state index contributed by atoms with van der Waals surface area (Å²) in [5.74, 6) is 0. The molecule has 2 unspecified atom stereocenters. The summed E-state index contributed by atoms with van der Waals surface area (Å²) >= 11 is 0. The first-order valence-corrected chi connectivity index (χ1v) is 5.13. The molecule has 0 fully saturated rings. The van der Waals surface area contributed by atoms with E-state index in [1.54, 1.807) is 6.08 Å². The molecule has 2 heteroatoms. The summed E-state index contributed by atoms with van der Waals surface area (Å²) in [6.07, 6.45) is 5.88. The molecule has 1 aromatic carbocycles. The second-order valence-corrected chi connectivity index (χ2v) is 3.79. The number of rotatable bonds is 2. The predicted molar refractivity (Wildman–Crippen MR) is 61.2 cm³/mol. The van der Waals surface area contributed by atoms with Crippen molar-refractivity contribution in [1.29, 1.82) is 0 Å². The van der Waals surface area contributed by atoms with Gasteiger partial charge in [-0.05, 0) is 11.1 Å². The maximum Gasteiger partial charge on any atom is 0.0761 e. The monoisotopic (exact) mass is 201 g/mol. The van der Waals surface area contributed by atoms with Crippen LogP contribution in [0.25, 0.3) is 0 Å². The highest BCUT2D eigenvalue weighted by Crippen LogP contribution is 2.25. The number of allylic oxidation sites excluding steroid dienone is 2. The standard InChI is InChI=1S/C13H15NO/c14-13(10-5-2-1-3-6-10)11-7-4-8-12(15)9-11/h1-8,12-13,15H,9,14H2. The lowest BCUT2D eigenvalue weighted by molar-refractivity contribution is 0.220. The van der Waals surface area contributed by atoms with Crippen LogP contribution in [0.4, 0.5) is 0 Å². The molecule has 1 aliphatic rings. The van der Waals surface area contributed by atoms with E-state index in [-0.39, 0.29) is 12.1 Å². The average molecular weight is 201 g/mol. The number of benzene rings is 1. The van der Waals surface area contributed by atoms with Gasteiger partial charge >= 0.3 is 0 Å². The van der Waals surface area contributed by atoms with Gasteiger partial charge in [0.25, 0.3) is 0 Å². The summed E-state index contributed by atoms with van der Waals surface area (Å²) in [6.45, 7) is 0. The van der Waals surface area contributed by atoms with Crippen LogP contribution in [0.2, 0.25) is 0 Å². The summed E-state index contributed by atoms with van der Waals surface area (Å²) in [4.78, 5) is 0. The fourth-order valence-corrected chi connectivity index (χ4v) is 1.79. The van der Waals surface area contributed by atoms with Crippen molar-refractivity contribution >= 4 is 0 Å². The lowest BCUT2D eigenvalue weighted by atomic mass is 9.92. The molecule has 0 heterocycles. The average Bonchev–Trinajstić information content (AvgIpc) is 2.29. The minimum absolute atomic E-state index is 0.106. The van der Waals surface area contributed by atoms with Crippen LogP contribution in [-0.4, -0.2) is 11.2 Å². The molecule has 3 N–H and O–H groups in total. The van der Waals surface area contributed by atoms with Crippen LogP contribution >= 0.6 is 0 Å². The third-order valence-electron chi connectivity index (χ3n) is 2.65. The van der Waals surface area contributed by atoms with E-state index in [9.17, 15) is 5.11 Å². The van der Waals surface area contributed by atoms with Gasteiger partial charge in [-0.25, -0.2) is 0 Å². The fraction of sp³-hybridized carbons (Fsp3) is 0.231. The van der Waals surface area contributed by atoms with Crippen LogP contribution in [0.3, 0.4) is 0 Å². The van der Waals surface area contributed by atoms with Gasteiger partial charge < -0.3 is 10.8 Å². The highest BCUT2D eigenvalue weighted by molar-refractivity contribution is 5.32. The highest BCUT2D eigenvalue weighted by Gasteiger charge is 2.15. The molecule has 2 atom stereocenters. The van der Waals surface area contributed by atoms with Crippen molar-refractivity contribution in [2.75, 3.05) is 0 Å². The van der Waals surface area contributed by atoms with Crippen LogP contribution in [-0.2, 0) is 0 Å². The number of nitrogens with two attached hydrogens (primary N) is 1. The number of aliphatic hydroxyl groups is 1. The molecule has 78 valence electrons. The molecule has 1 aromatic rings. The first-order valence-electron chi connectivity index (χ1n) is 5.13. The van der Waals surface area contributed by atoms with Crippen molar-refractivity contribution in [3.05, 3.63) is 59.7 Å². The molecule has 2 nitrogen and oxygen atoms in total. The Morgan fingerprint density at radius 2 is 2.00 bits per heavy atom. The Bertz CT molecular complexity index is 381. The van der Waals surface area contributed by atoms with Gasteiger partial charge in [0.15, 0.2) is 0 Å². The van der Waals surface area contributed by atoms with Crippen LogP contribution in [0.1, 0.15) is 18.0 Å². The first-order chi connectivity index (χ1) is 7.27. The molecule has 0 spiro atoms. The fourth-order valence-electron chi connectivity index (χ4n) is 1.79. The minimum Gasteiger partial charge on any atom is -0.389 e. The van der Waals surface area contributed by atoms with Crippen molar-refractivity contribution in [2.24, 2.45) is 5.73 Å². The molecule has 2 rings (SSSR count). The molecule has 1 aliphatic carbocycles. The Morgan fingerprint density at radius 3 is 2.67 bits per heavy atom. The van der Waals surface area contributed by atoms with E-state index < -0.39 is 0 Å². The van der Waals surface area contributed by atoms with Gasteiger partial charge in [-0.2, -0.15) is 0 Å². The second kappa shape index (κ2) is 4.43. The van der Waals surface area contributed by atoms with Gasteiger partial charge in [0, 0.05) is 6.42 Å². The Labute approximate surface area is 89.7 Å². The van der Waals surface area contributed by atoms with Gasteiger partial charge in [-0.3, -0.25) is 0 Å². The van der Waals surface area contributed by atoms with Crippen molar-refractivity contribution in [3.63, 3.8) is 0 Å². The lowest BCUT2D eigenvalue weighted by Gasteiger charge is -2.20. The van der Waals surface area contributed by atoms with Crippen molar-refractivity contribution in [3.8, 4) is 0 Å². The maximum atomic E-state index is 9.49. The summed E-state index contributed by atoms with van der Waals surface area (Å²) in [7, 11) is 0. The maximum absolute atomic E-state index is 9.49. The molecular formula is C13H15NO. The summed E-state index contributed by atoms with van der Waals surface area (Å²) in [5.41, 5.74) is 8.29. The Balaban J connectivity index is 2.18. The summed E-state index contributed by atoms with van der Waals surface area (Å²) in [5, 5.41) is 9.49. The number of hydrogen-bond donors (Lipinski definition) is 2. The molecule has 0 saturated carbocycles. The highest BCUT2D eigenvalue weighted by atomic mass is 16.3. The topological polar surface area (TPSA) is 46.2 Å². The number of hydrogen-bond acceptors (Lipinski definition) is 2. The molecule has 0 aliphatic heterocycles. The van der Waals surface area contributed by atoms with E-state index in [2.05, 4.69) is 0 Å². The smallest absolute Gasteiger partial charge is 0.0761 e. The molecular weight excluding hydrogens is 186 g/mol. The van der Waals surface area contributed by atoms with E-state index in [0.717, 1.165) is 11.1 Å². The SMILES string of the molecule is NC(C1=CC=CC(O)C1)c1ccccc1. The zero-order valence-corrected chi connectivity index (χ0v) is 8.51. The third-order valence-corrected chi connectivity index (χ3v) is 2.65. The molecule has 15 heavy (non-hydrogen) atoms. The van der Waals surface area contributed by atoms with Crippen LogP contribution < -0.4 is 5.73 Å². The predicted octanol–water partition coefficient (Wildman–Crippen LogP) is 1.93. The van der Waals surface area contributed by atoms with E-state index in [0.29, 0.717) is 6.42 Å². The Kier molecular flexibility index (Phi) is 2.99. The van der Waals surface area contributed by atoms with Crippen LogP contribution in [0.5, 0.6) is 0 Å². The lowest BCUT2D eigenvalue weighted by Crippen LogP contribution is -2.18. The molecule has 0 amide bonds. The largest absolute Gasteiger partial charge is 0.389 e. The molecule has 0 saturated heterocycles. The second-order valence-electron chi connectivity index (χ2n) is 3.79. The normalized spacial score (nSPS) is 22.3. The van der Waals surface area contributed by atoms with Gasteiger partial charge in [0.2, 0.25) is 0 Å². The van der Waals surface area contributed by atoms with E-state index in [1.165, 1.54) is 0 Å². The van der Waals surface area contributed by atoms with Gasteiger partial charge in [0.1, 0.15) is 0 Å². The van der Waals surface area contributed by atoms with Crippen molar-refractivity contribution in [2.45, 2.75) is 18.6 Å². The third kappa shape index (κ3) is 2.35. The zero-order chi connectivity index (χ0) is 10.7. The molecule has 0 bridgehead atoms. The summed E-state index contributed by atoms with van der Waals surface area (Å²) < 4.78 is 0. The van der Waals surface area contributed by atoms with Crippen molar-refractivity contribution < 1.29 is 5.11 Å². The van der Waals surface area contributed by atoms with Crippen LogP contribution in [0, 0.1) is 0 Å². The minimum atomic E-state index is -0.389.